The molecule has 0 aromatic heterocycles. The van der Waals surface area contributed by atoms with Crippen LogP contribution in [0.1, 0.15) is 6.42 Å². The van der Waals surface area contributed by atoms with Crippen molar-refractivity contribution >= 4 is 23.9 Å². The zero-order valence-electron chi connectivity index (χ0n) is 6.60. The van der Waals surface area contributed by atoms with Gasteiger partial charge in [0.25, 0.3) is 0 Å². The Bertz CT molecular complexity index is 284. The first-order valence-electron chi connectivity index (χ1n) is 3.23. The zero-order chi connectivity index (χ0) is 9.14. The van der Waals surface area contributed by atoms with Crippen molar-refractivity contribution in [3.05, 3.63) is 0 Å². The van der Waals surface area contributed by atoms with Gasteiger partial charge in [0.05, 0.1) is 11.9 Å². The van der Waals surface area contributed by atoms with Crippen LogP contribution in [0.3, 0.4) is 0 Å². The average Bonchev–Trinajstić information content (AvgIpc) is 2.35. The molecule has 7 nitrogen and oxygen atoms in total. The van der Waals surface area contributed by atoms with E-state index >= 15 is 0 Å². The van der Waals surface area contributed by atoms with Crippen LogP contribution in [0.15, 0.2) is 9.98 Å². The van der Waals surface area contributed by atoms with Crippen molar-refractivity contribution < 1.29 is 20.2 Å². The van der Waals surface area contributed by atoms with Crippen LogP contribution in [0, 0.1) is 0 Å². The predicted octanol–water partition coefficient (Wildman–Crippen LogP) is -1.39. The maximum atomic E-state index is 10.4. The molecule has 1 rings (SSSR count). The number of carboxylic acid groups (broad SMARTS) is 1. The quantitative estimate of drug-likeness (QED) is 0.561. The van der Waals surface area contributed by atoms with Crippen LogP contribution < -0.4 is 5.73 Å². The lowest BCUT2D eigenvalue weighted by molar-refractivity contribution is -0.138. The molecule has 0 unspecified atom stereocenters. The number of aliphatic carboxylic acids is 1. The Morgan fingerprint density at radius 3 is 2.69 bits per heavy atom. The Morgan fingerprint density at radius 1 is 1.69 bits per heavy atom. The van der Waals surface area contributed by atoms with Crippen molar-refractivity contribution in [1.29, 1.82) is 0 Å². The van der Waals surface area contributed by atoms with Crippen molar-refractivity contribution in [2.75, 3.05) is 0 Å². The number of hydrogen-bond donors (Lipinski definition) is 2. The second-order valence-corrected chi connectivity index (χ2v) is 2.29. The largest absolute Gasteiger partial charge is 0.480 e. The highest BCUT2D eigenvalue weighted by molar-refractivity contribution is 6.37. The Kier molecular flexibility index (Phi) is 3.89. The molecule has 0 spiro atoms. The highest BCUT2D eigenvalue weighted by atomic mass is 16.4. The van der Waals surface area contributed by atoms with Crippen LogP contribution in [0.5, 0.6) is 0 Å². The van der Waals surface area contributed by atoms with Crippen LogP contribution >= 0.6 is 0 Å². The minimum absolute atomic E-state index is 0. The zero-order valence-corrected chi connectivity index (χ0v) is 6.60. The van der Waals surface area contributed by atoms with Crippen molar-refractivity contribution in [2.45, 2.75) is 12.5 Å². The molecular formula is C6H9N3O4. The topological polar surface area (TPSA) is 137 Å². The Hall–Kier alpha value is -1.60. The highest BCUT2D eigenvalue weighted by Crippen LogP contribution is 1.98. The lowest BCUT2D eigenvalue weighted by Crippen LogP contribution is -2.32. The summed E-state index contributed by atoms with van der Waals surface area (Å²) >= 11 is 0. The van der Waals surface area contributed by atoms with Crippen LogP contribution in [0.25, 0.3) is 0 Å². The van der Waals surface area contributed by atoms with Crippen LogP contribution in [-0.4, -0.2) is 40.6 Å². The Balaban J connectivity index is 0.00000144. The third-order valence-electron chi connectivity index (χ3n) is 1.31. The van der Waals surface area contributed by atoms with Gasteiger partial charge in [-0.25, -0.2) is 4.79 Å². The maximum Gasteiger partial charge on any atom is 0.367 e. The molecule has 1 aliphatic rings. The molecular weight excluding hydrogens is 178 g/mol. The summed E-state index contributed by atoms with van der Waals surface area (Å²) < 4.78 is 0. The summed E-state index contributed by atoms with van der Waals surface area (Å²) in [7, 11) is 0. The molecule has 0 saturated carbocycles. The van der Waals surface area contributed by atoms with Crippen LogP contribution in [-0.2, 0) is 4.79 Å². The second kappa shape index (κ2) is 4.43. The summed E-state index contributed by atoms with van der Waals surface area (Å²) in [4.78, 5) is 27.4. The third-order valence-corrected chi connectivity index (χ3v) is 1.31. The number of carboxylic acids is 1. The van der Waals surface area contributed by atoms with E-state index in [1.165, 1.54) is 6.21 Å². The summed E-state index contributed by atoms with van der Waals surface area (Å²) in [5.41, 5.74) is 5.50. The van der Waals surface area contributed by atoms with Gasteiger partial charge in [0.2, 0.25) is 0 Å². The molecule has 0 aromatic carbocycles. The maximum absolute atomic E-state index is 10.4. The van der Waals surface area contributed by atoms with E-state index in [0.29, 0.717) is 5.71 Å². The summed E-state index contributed by atoms with van der Waals surface area (Å²) in [5, 5.41) is 8.40. The van der Waals surface area contributed by atoms with E-state index in [1.807, 2.05) is 0 Å². The van der Waals surface area contributed by atoms with E-state index < -0.39 is 18.0 Å². The molecule has 2 amide bonds. The van der Waals surface area contributed by atoms with E-state index in [-0.39, 0.29) is 11.9 Å². The number of rotatable bonds is 3. The summed E-state index contributed by atoms with van der Waals surface area (Å²) in [5.74, 6) is -1.12. The van der Waals surface area contributed by atoms with Gasteiger partial charge in [-0.15, -0.1) is 0 Å². The Labute approximate surface area is 73.3 Å². The molecule has 1 aliphatic heterocycles. The first-order valence-corrected chi connectivity index (χ1v) is 3.23. The van der Waals surface area contributed by atoms with Crippen LogP contribution in [0.2, 0.25) is 0 Å². The van der Waals surface area contributed by atoms with Crippen molar-refractivity contribution in [1.82, 2.24) is 0 Å². The highest BCUT2D eigenvalue weighted by Gasteiger charge is 2.16. The molecule has 1 heterocycles. The van der Waals surface area contributed by atoms with Gasteiger partial charge in [0, 0.05) is 6.42 Å². The first-order chi connectivity index (χ1) is 5.59. The van der Waals surface area contributed by atoms with Gasteiger partial charge in [-0.1, -0.05) is 0 Å². The minimum atomic E-state index is -1.12. The number of carbonyl (C=O) groups excluding carboxylic acids is 1. The fourth-order valence-corrected chi connectivity index (χ4v) is 0.721. The van der Waals surface area contributed by atoms with Gasteiger partial charge in [0.15, 0.2) is 0 Å². The lowest BCUT2D eigenvalue weighted by Gasteiger charge is -2.02. The smallest absolute Gasteiger partial charge is 0.367 e. The van der Waals surface area contributed by atoms with E-state index in [1.54, 1.807) is 0 Å². The van der Waals surface area contributed by atoms with E-state index in [9.17, 15) is 9.59 Å². The van der Waals surface area contributed by atoms with Gasteiger partial charge >= 0.3 is 12.0 Å². The molecule has 0 aromatic rings. The van der Waals surface area contributed by atoms with Crippen molar-refractivity contribution in [2.24, 2.45) is 15.7 Å². The molecule has 0 saturated heterocycles. The summed E-state index contributed by atoms with van der Waals surface area (Å²) in [6.07, 6.45) is 1.26. The molecule has 7 heteroatoms. The molecule has 13 heavy (non-hydrogen) atoms. The molecule has 0 bridgehead atoms. The number of amides is 2. The molecule has 0 radical (unpaired) electrons. The Morgan fingerprint density at radius 2 is 2.31 bits per heavy atom. The minimum Gasteiger partial charge on any atom is -0.480 e. The monoisotopic (exact) mass is 187 g/mol. The number of nitrogens with zero attached hydrogens (tertiary/aromatic N) is 2. The number of urea groups is 1. The molecule has 1 atom stereocenters. The van der Waals surface area contributed by atoms with Crippen LogP contribution in [0.4, 0.5) is 4.79 Å². The first kappa shape index (κ1) is 11.4. The molecule has 5 N–H and O–H groups in total. The van der Waals surface area contributed by atoms with Gasteiger partial charge < -0.3 is 16.3 Å². The number of hydrogen-bond acceptors (Lipinski definition) is 3. The SMILES string of the molecule is N[C@@H](CC1=NC(=O)N=C1)C(=O)O.O. The number of aliphatic imine (C=N–C) groups is 2. The molecule has 0 fully saturated rings. The van der Waals surface area contributed by atoms with E-state index in [2.05, 4.69) is 9.98 Å². The van der Waals surface area contributed by atoms with Crippen molar-refractivity contribution in [3.63, 3.8) is 0 Å². The summed E-state index contributed by atoms with van der Waals surface area (Å²) in [6, 6.07) is -1.64. The third kappa shape index (κ3) is 3.09. The number of nitrogens with two attached hydrogens (primary N) is 1. The van der Waals surface area contributed by atoms with Gasteiger partial charge in [-0.3, -0.25) is 4.79 Å². The van der Waals surface area contributed by atoms with Gasteiger partial charge in [-0.05, 0) is 0 Å². The lowest BCUT2D eigenvalue weighted by atomic mass is 10.1. The predicted molar refractivity (Wildman–Crippen MR) is 45.2 cm³/mol. The number of carbonyl (C=O) groups is 2. The average molecular weight is 187 g/mol. The van der Waals surface area contributed by atoms with Crippen molar-refractivity contribution in [3.8, 4) is 0 Å². The fourth-order valence-electron chi connectivity index (χ4n) is 0.721. The molecule has 0 aliphatic carbocycles. The molecule has 72 valence electrons. The normalized spacial score (nSPS) is 16.4. The van der Waals surface area contributed by atoms with Gasteiger partial charge in [-0.2, -0.15) is 9.98 Å². The summed E-state index contributed by atoms with van der Waals surface area (Å²) in [6.45, 7) is 0. The van der Waals surface area contributed by atoms with E-state index in [0.717, 1.165) is 0 Å². The van der Waals surface area contributed by atoms with Gasteiger partial charge in [0.1, 0.15) is 6.04 Å². The standard InChI is InChI=1S/C6H7N3O3.H2O/c7-4(5(10)11)1-3-2-8-6(12)9-3;/h2,4H,1,7H2,(H,10,11);1H2/t4-;/m0./s1. The second-order valence-electron chi connectivity index (χ2n) is 2.29. The van der Waals surface area contributed by atoms with E-state index in [4.69, 9.17) is 10.8 Å². The fraction of sp³-hybridized carbons (Fsp3) is 0.333.